The van der Waals surface area contributed by atoms with Gasteiger partial charge in [0.05, 0.1) is 16.7 Å². The zero-order valence-electron chi connectivity index (χ0n) is 31.8. The minimum absolute atomic E-state index is 0.167. The number of hydrogen-bond donors (Lipinski definition) is 1. The van der Waals surface area contributed by atoms with Crippen LogP contribution in [0.1, 0.15) is 36.2 Å². The second kappa shape index (κ2) is 12.8. The van der Waals surface area contributed by atoms with Crippen molar-refractivity contribution in [2.24, 2.45) is 10.9 Å². The fraction of sp³-hybridized carbons (Fsp3) is 0.0755. The second-order valence-corrected chi connectivity index (χ2v) is 15.5. The van der Waals surface area contributed by atoms with E-state index in [1.54, 1.807) is 0 Å². The lowest BCUT2D eigenvalue weighted by Crippen LogP contribution is -2.25. The lowest BCUT2D eigenvalue weighted by atomic mass is 9.92. The van der Waals surface area contributed by atoms with Gasteiger partial charge in [-0.3, -0.25) is 4.99 Å². The van der Waals surface area contributed by atoms with Gasteiger partial charge in [-0.1, -0.05) is 134 Å². The van der Waals surface area contributed by atoms with Crippen LogP contribution in [-0.2, 0) is 0 Å². The van der Waals surface area contributed by atoms with E-state index in [4.69, 9.17) is 13.8 Å². The van der Waals surface area contributed by atoms with E-state index in [1.807, 2.05) is 18.2 Å². The number of fused-ring (bicyclic) bond motifs is 10. The molecule has 3 aromatic heterocycles. The Labute approximate surface area is 334 Å². The van der Waals surface area contributed by atoms with Gasteiger partial charge in [0.1, 0.15) is 22.9 Å². The van der Waals surface area contributed by atoms with Gasteiger partial charge in [0.2, 0.25) is 0 Å². The molecule has 1 N–H and O–H groups in total. The average molecular weight is 748 g/mol. The topological polar surface area (TPSA) is 55.6 Å². The van der Waals surface area contributed by atoms with E-state index in [0.29, 0.717) is 0 Å². The molecule has 0 aliphatic carbocycles. The first-order valence-electron chi connectivity index (χ1n) is 20.0. The Morgan fingerprint density at radius 3 is 2.09 bits per heavy atom. The molecule has 276 valence electrons. The van der Waals surface area contributed by atoms with Crippen LogP contribution in [0, 0.1) is 5.92 Å². The SMILES string of the molecule is CC1C/C=C(\c2ccc3c(c2)oc2ccccc23)NC(c2ccc(-n3c4ccccc4c4cc5ccccc5cc43)c3oc4ccccc4c23)N=C1c1ccccc1. The van der Waals surface area contributed by atoms with Crippen LogP contribution in [0.25, 0.3) is 87.8 Å². The number of aliphatic imine (C=N–C) groups is 1. The third-order valence-corrected chi connectivity index (χ3v) is 12.1. The van der Waals surface area contributed by atoms with Crippen molar-refractivity contribution >= 4 is 87.9 Å². The minimum atomic E-state index is -0.435. The lowest BCUT2D eigenvalue weighted by Gasteiger charge is -2.26. The fourth-order valence-electron chi connectivity index (χ4n) is 9.28. The summed E-state index contributed by atoms with van der Waals surface area (Å²) in [7, 11) is 0. The quantitative estimate of drug-likeness (QED) is 0.195. The Hall–Kier alpha value is -7.37. The zero-order chi connectivity index (χ0) is 38.3. The number of allylic oxidation sites excluding steroid dienone is 1. The minimum Gasteiger partial charge on any atom is -0.456 e. The number of nitrogens with one attached hydrogen (secondary N) is 1. The van der Waals surface area contributed by atoms with Crippen molar-refractivity contribution in [3.63, 3.8) is 0 Å². The smallest absolute Gasteiger partial charge is 0.159 e. The van der Waals surface area contributed by atoms with Gasteiger partial charge in [0, 0.05) is 60.8 Å². The van der Waals surface area contributed by atoms with E-state index in [9.17, 15) is 0 Å². The fourth-order valence-corrected chi connectivity index (χ4v) is 9.28. The molecule has 12 rings (SSSR count). The molecule has 0 saturated carbocycles. The van der Waals surface area contributed by atoms with Gasteiger partial charge in [0.15, 0.2) is 5.58 Å². The molecule has 0 bridgehead atoms. The monoisotopic (exact) mass is 747 g/mol. The number of aromatic nitrogens is 1. The van der Waals surface area contributed by atoms with Crippen molar-refractivity contribution < 1.29 is 8.83 Å². The highest BCUT2D eigenvalue weighted by atomic mass is 16.3. The summed E-state index contributed by atoms with van der Waals surface area (Å²) in [5.74, 6) is 0.167. The average Bonchev–Trinajstić information content (AvgIpc) is 3.94. The molecule has 8 aromatic carbocycles. The first kappa shape index (κ1) is 32.8. The number of furan rings is 2. The van der Waals surface area contributed by atoms with Gasteiger partial charge in [0.25, 0.3) is 0 Å². The molecule has 2 atom stereocenters. The maximum Gasteiger partial charge on any atom is 0.159 e. The molecule has 1 aliphatic heterocycles. The molecule has 5 heteroatoms. The van der Waals surface area contributed by atoms with E-state index in [-0.39, 0.29) is 5.92 Å². The molecule has 0 amide bonds. The van der Waals surface area contributed by atoms with Gasteiger partial charge < -0.3 is 18.7 Å². The van der Waals surface area contributed by atoms with Gasteiger partial charge in [-0.15, -0.1) is 0 Å². The van der Waals surface area contributed by atoms with E-state index >= 15 is 0 Å². The van der Waals surface area contributed by atoms with Crippen LogP contribution in [0.2, 0.25) is 0 Å². The molecule has 1 aliphatic rings. The van der Waals surface area contributed by atoms with Crippen LogP contribution in [-0.4, -0.2) is 10.3 Å². The summed E-state index contributed by atoms with van der Waals surface area (Å²) in [4.78, 5) is 5.69. The zero-order valence-corrected chi connectivity index (χ0v) is 31.8. The third-order valence-electron chi connectivity index (χ3n) is 12.1. The van der Waals surface area contributed by atoms with Crippen molar-refractivity contribution in [3.8, 4) is 5.69 Å². The maximum absolute atomic E-state index is 6.98. The maximum atomic E-state index is 6.98. The lowest BCUT2D eigenvalue weighted by molar-refractivity contribution is 0.641. The van der Waals surface area contributed by atoms with E-state index in [2.05, 4.69) is 175 Å². The van der Waals surface area contributed by atoms with Crippen LogP contribution < -0.4 is 5.32 Å². The Bertz CT molecular complexity index is 3490. The van der Waals surface area contributed by atoms with Crippen LogP contribution >= 0.6 is 0 Å². The molecular formula is C53H37N3O2. The Morgan fingerprint density at radius 2 is 1.24 bits per heavy atom. The summed E-state index contributed by atoms with van der Waals surface area (Å²) < 4.78 is 15.7. The summed E-state index contributed by atoms with van der Waals surface area (Å²) in [5.41, 5.74) is 12.0. The van der Waals surface area contributed by atoms with Crippen LogP contribution in [0.15, 0.2) is 190 Å². The molecule has 5 nitrogen and oxygen atoms in total. The second-order valence-electron chi connectivity index (χ2n) is 15.5. The molecule has 11 aromatic rings. The molecule has 58 heavy (non-hydrogen) atoms. The first-order chi connectivity index (χ1) is 28.7. The van der Waals surface area contributed by atoms with Crippen LogP contribution in [0.4, 0.5) is 0 Å². The van der Waals surface area contributed by atoms with Gasteiger partial charge in [-0.05, 0) is 71.3 Å². The summed E-state index contributed by atoms with van der Waals surface area (Å²) in [5, 5.41) is 13.2. The van der Waals surface area contributed by atoms with Crippen molar-refractivity contribution in [1.29, 1.82) is 0 Å². The van der Waals surface area contributed by atoms with Crippen LogP contribution in [0.3, 0.4) is 0 Å². The Kier molecular flexibility index (Phi) is 7.27. The highest BCUT2D eigenvalue weighted by Gasteiger charge is 2.27. The molecule has 0 radical (unpaired) electrons. The molecule has 0 fully saturated rings. The molecule has 2 unspecified atom stereocenters. The molecule has 0 spiro atoms. The molecule has 4 heterocycles. The van der Waals surface area contributed by atoms with Gasteiger partial charge in [-0.2, -0.15) is 0 Å². The Morgan fingerprint density at radius 1 is 0.552 bits per heavy atom. The number of hydrogen-bond acceptors (Lipinski definition) is 4. The molecular weight excluding hydrogens is 711 g/mol. The summed E-state index contributed by atoms with van der Waals surface area (Å²) in [6, 6.07) is 60.2. The number of para-hydroxylation sites is 3. The van der Waals surface area contributed by atoms with E-state index in [0.717, 1.165) is 95.1 Å². The van der Waals surface area contributed by atoms with Gasteiger partial charge in [-0.25, -0.2) is 0 Å². The number of benzene rings is 8. The predicted molar refractivity (Wildman–Crippen MR) is 240 cm³/mol. The van der Waals surface area contributed by atoms with E-state index in [1.165, 1.54) is 21.5 Å². The van der Waals surface area contributed by atoms with Crippen molar-refractivity contribution in [2.75, 3.05) is 0 Å². The highest BCUT2D eigenvalue weighted by Crippen LogP contribution is 2.43. The summed E-state index contributed by atoms with van der Waals surface area (Å²) in [6.07, 6.45) is 2.72. The highest BCUT2D eigenvalue weighted by molar-refractivity contribution is 6.16. The van der Waals surface area contributed by atoms with E-state index < -0.39 is 6.17 Å². The normalized spacial score (nSPS) is 17.2. The van der Waals surface area contributed by atoms with Crippen molar-refractivity contribution in [1.82, 2.24) is 9.88 Å². The molecule has 0 saturated heterocycles. The third kappa shape index (κ3) is 5.06. The Balaban J connectivity index is 1.10. The summed E-state index contributed by atoms with van der Waals surface area (Å²) >= 11 is 0. The predicted octanol–water partition coefficient (Wildman–Crippen LogP) is 13.9. The standard InChI is InChI=1S/C53H37N3O2/c1-32-23-27-43(36-24-25-39-38-18-8-11-21-47(38)57-49(39)31-36)54-53(55-51(32)33-13-3-2-4-14-33)41-26-28-45(52-50(41)40-19-9-12-22-48(40)58-52)56-44-20-10-7-17-37(44)42-29-34-15-5-6-16-35(34)30-46(42)56/h2-22,24-32,53-54H,23H2,1H3/b43-27+,55-51?. The van der Waals surface area contributed by atoms with Crippen molar-refractivity contribution in [3.05, 3.63) is 193 Å². The largest absolute Gasteiger partial charge is 0.456 e. The number of nitrogens with zero attached hydrogens (tertiary/aromatic N) is 2. The first-order valence-corrected chi connectivity index (χ1v) is 20.0. The van der Waals surface area contributed by atoms with Crippen LogP contribution in [0.5, 0.6) is 0 Å². The number of rotatable bonds is 4. The van der Waals surface area contributed by atoms with Crippen molar-refractivity contribution in [2.45, 2.75) is 19.5 Å². The summed E-state index contributed by atoms with van der Waals surface area (Å²) in [6.45, 7) is 2.28. The van der Waals surface area contributed by atoms with Gasteiger partial charge >= 0.3 is 0 Å².